The zero-order valence-corrected chi connectivity index (χ0v) is 17.4. The smallest absolute Gasteiger partial charge is 0.296 e. The highest BCUT2D eigenvalue weighted by atomic mass is 32.2. The van der Waals surface area contributed by atoms with E-state index in [9.17, 15) is 14.9 Å². The quantitative estimate of drug-likeness (QED) is 0.353. The predicted molar refractivity (Wildman–Crippen MR) is 115 cm³/mol. The number of benzene rings is 2. The second-order valence-corrected chi connectivity index (χ2v) is 8.00. The summed E-state index contributed by atoms with van der Waals surface area (Å²) in [6, 6.07) is 12.3. The second-order valence-electron chi connectivity index (χ2n) is 6.64. The summed E-state index contributed by atoms with van der Waals surface area (Å²) >= 11 is 1.31. The molecule has 1 heterocycles. The zero-order chi connectivity index (χ0) is 21.1. The standard InChI is InChI=1S/C21H21N3O4S/c1-12-6-5-7-16-13(2)10-19(23-20(12)16)29-14(3)21(25)22-17-9-8-15(28-4)11-18(17)24(26)27/h5-11,14H,1-4H3,(H,22,25)/t14-/m1/s1. The minimum atomic E-state index is -0.549. The average Bonchev–Trinajstić information content (AvgIpc) is 2.69. The number of fused-ring (bicyclic) bond motifs is 1. The molecule has 0 bridgehead atoms. The number of aryl methyl sites for hydroxylation is 2. The molecule has 0 aliphatic carbocycles. The summed E-state index contributed by atoms with van der Waals surface area (Å²) in [5.74, 6) is 0.0101. The van der Waals surface area contributed by atoms with Crippen molar-refractivity contribution in [3.05, 3.63) is 63.7 Å². The fourth-order valence-corrected chi connectivity index (χ4v) is 3.87. The largest absolute Gasteiger partial charge is 0.496 e. The van der Waals surface area contributed by atoms with Crippen LogP contribution in [0, 0.1) is 24.0 Å². The van der Waals surface area contributed by atoms with Crippen molar-refractivity contribution in [3.8, 4) is 5.75 Å². The molecule has 0 aliphatic rings. The van der Waals surface area contributed by atoms with E-state index in [0.29, 0.717) is 5.75 Å². The third-order valence-corrected chi connectivity index (χ3v) is 5.57. The first kappa shape index (κ1) is 20.6. The van der Waals surface area contributed by atoms with Crippen LogP contribution in [0.15, 0.2) is 47.5 Å². The van der Waals surface area contributed by atoms with E-state index in [1.165, 1.54) is 31.0 Å². The van der Waals surface area contributed by atoms with E-state index in [-0.39, 0.29) is 17.3 Å². The molecule has 3 rings (SSSR count). The van der Waals surface area contributed by atoms with E-state index in [1.54, 1.807) is 13.0 Å². The first-order chi connectivity index (χ1) is 13.8. The average molecular weight is 411 g/mol. The van der Waals surface area contributed by atoms with Crippen molar-refractivity contribution in [2.45, 2.75) is 31.0 Å². The molecule has 0 saturated carbocycles. The molecular weight excluding hydrogens is 390 g/mol. The van der Waals surface area contributed by atoms with Gasteiger partial charge in [-0.3, -0.25) is 14.9 Å². The number of rotatable bonds is 6. The number of nitrogens with one attached hydrogen (secondary N) is 1. The Kier molecular flexibility index (Phi) is 6.03. The molecule has 0 unspecified atom stereocenters. The highest BCUT2D eigenvalue weighted by Gasteiger charge is 2.21. The summed E-state index contributed by atoms with van der Waals surface area (Å²) in [4.78, 5) is 28.1. The van der Waals surface area contributed by atoms with Crippen molar-refractivity contribution < 1.29 is 14.5 Å². The number of hydrogen-bond acceptors (Lipinski definition) is 6. The summed E-state index contributed by atoms with van der Waals surface area (Å²) < 4.78 is 5.02. The Hall–Kier alpha value is -3.13. The van der Waals surface area contributed by atoms with Crippen LogP contribution >= 0.6 is 11.8 Å². The second kappa shape index (κ2) is 8.48. The number of nitrogens with zero attached hydrogens (tertiary/aromatic N) is 2. The maximum absolute atomic E-state index is 12.6. The number of nitro benzene ring substituents is 1. The minimum Gasteiger partial charge on any atom is -0.496 e. The first-order valence-electron chi connectivity index (χ1n) is 8.97. The van der Waals surface area contributed by atoms with Gasteiger partial charge in [-0.05, 0) is 50.1 Å². The van der Waals surface area contributed by atoms with E-state index in [4.69, 9.17) is 9.72 Å². The molecule has 0 aliphatic heterocycles. The van der Waals surface area contributed by atoms with Crippen LogP contribution in [-0.2, 0) is 4.79 Å². The molecule has 1 N–H and O–H groups in total. The lowest BCUT2D eigenvalue weighted by molar-refractivity contribution is -0.384. The van der Waals surface area contributed by atoms with Crippen LogP contribution in [0.1, 0.15) is 18.1 Å². The van der Waals surface area contributed by atoms with Crippen LogP contribution in [0.3, 0.4) is 0 Å². The van der Waals surface area contributed by atoms with Gasteiger partial charge in [0.05, 0.1) is 33.9 Å². The van der Waals surface area contributed by atoms with Crippen LogP contribution in [0.25, 0.3) is 10.9 Å². The van der Waals surface area contributed by atoms with Crippen LogP contribution < -0.4 is 10.1 Å². The Balaban J connectivity index is 1.81. The molecule has 3 aromatic rings. The van der Waals surface area contributed by atoms with Gasteiger partial charge in [-0.2, -0.15) is 0 Å². The van der Waals surface area contributed by atoms with E-state index in [0.717, 1.165) is 27.1 Å². The van der Waals surface area contributed by atoms with Crippen LogP contribution in [-0.4, -0.2) is 28.2 Å². The maximum atomic E-state index is 12.6. The summed E-state index contributed by atoms with van der Waals surface area (Å²) in [5, 5.41) is 15.3. The number of ether oxygens (including phenoxy) is 1. The molecule has 8 heteroatoms. The lowest BCUT2D eigenvalue weighted by Gasteiger charge is -2.14. The van der Waals surface area contributed by atoms with Gasteiger partial charge in [0.2, 0.25) is 5.91 Å². The van der Waals surface area contributed by atoms with E-state index >= 15 is 0 Å². The monoisotopic (exact) mass is 411 g/mol. The summed E-state index contributed by atoms with van der Waals surface area (Å²) in [6.45, 7) is 5.76. The number of para-hydroxylation sites is 1. The molecular formula is C21H21N3O4S. The van der Waals surface area contributed by atoms with E-state index in [2.05, 4.69) is 5.32 Å². The third kappa shape index (κ3) is 4.48. The van der Waals surface area contributed by atoms with Gasteiger partial charge in [0.15, 0.2) is 0 Å². The van der Waals surface area contributed by atoms with Gasteiger partial charge in [-0.15, -0.1) is 0 Å². The Morgan fingerprint density at radius 1 is 1.21 bits per heavy atom. The van der Waals surface area contributed by atoms with Crippen molar-refractivity contribution in [2.24, 2.45) is 0 Å². The van der Waals surface area contributed by atoms with Gasteiger partial charge >= 0.3 is 0 Å². The van der Waals surface area contributed by atoms with Crippen LogP contribution in [0.4, 0.5) is 11.4 Å². The number of aromatic nitrogens is 1. The van der Waals surface area contributed by atoms with Crippen molar-refractivity contribution in [3.63, 3.8) is 0 Å². The number of methoxy groups -OCH3 is 1. The normalized spacial score (nSPS) is 11.9. The number of amides is 1. The Morgan fingerprint density at radius 3 is 2.66 bits per heavy atom. The topological polar surface area (TPSA) is 94.4 Å². The van der Waals surface area contributed by atoms with Crippen molar-refractivity contribution in [1.82, 2.24) is 4.98 Å². The fourth-order valence-electron chi connectivity index (χ4n) is 2.96. The Labute approximate surface area is 172 Å². The summed E-state index contributed by atoms with van der Waals surface area (Å²) in [6.07, 6.45) is 0. The van der Waals surface area contributed by atoms with Crippen molar-refractivity contribution in [1.29, 1.82) is 0 Å². The summed E-state index contributed by atoms with van der Waals surface area (Å²) in [7, 11) is 1.43. The van der Waals surface area contributed by atoms with Crippen LogP contribution in [0.2, 0.25) is 0 Å². The lowest BCUT2D eigenvalue weighted by Crippen LogP contribution is -2.23. The van der Waals surface area contributed by atoms with Crippen LogP contribution in [0.5, 0.6) is 5.75 Å². The van der Waals surface area contributed by atoms with Gasteiger partial charge < -0.3 is 10.1 Å². The van der Waals surface area contributed by atoms with Crippen molar-refractivity contribution >= 4 is 39.9 Å². The Morgan fingerprint density at radius 2 is 1.97 bits per heavy atom. The van der Waals surface area contributed by atoms with Gasteiger partial charge in [-0.25, -0.2) is 4.98 Å². The van der Waals surface area contributed by atoms with Gasteiger partial charge in [0.1, 0.15) is 11.4 Å². The number of pyridine rings is 1. The first-order valence-corrected chi connectivity index (χ1v) is 9.85. The number of thioether (sulfide) groups is 1. The van der Waals surface area contributed by atoms with Crippen molar-refractivity contribution in [2.75, 3.05) is 12.4 Å². The number of carbonyl (C=O) groups excluding carboxylic acids is 1. The lowest BCUT2D eigenvalue weighted by atomic mass is 10.1. The number of anilines is 1. The van der Waals surface area contributed by atoms with Gasteiger partial charge in [0, 0.05) is 5.39 Å². The highest BCUT2D eigenvalue weighted by Crippen LogP contribution is 2.31. The highest BCUT2D eigenvalue weighted by molar-refractivity contribution is 8.00. The molecule has 1 amide bonds. The number of hydrogen-bond donors (Lipinski definition) is 1. The molecule has 0 fully saturated rings. The fraction of sp³-hybridized carbons (Fsp3) is 0.238. The molecule has 7 nitrogen and oxygen atoms in total. The molecule has 1 aromatic heterocycles. The van der Waals surface area contributed by atoms with Gasteiger partial charge in [0.25, 0.3) is 5.69 Å². The van der Waals surface area contributed by atoms with E-state index < -0.39 is 10.2 Å². The molecule has 0 radical (unpaired) electrons. The molecule has 0 spiro atoms. The van der Waals surface area contributed by atoms with E-state index in [1.807, 2.05) is 38.1 Å². The zero-order valence-electron chi connectivity index (χ0n) is 16.6. The number of carbonyl (C=O) groups is 1. The molecule has 150 valence electrons. The molecule has 2 aromatic carbocycles. The predicted octanol–water partition coefficient (Wildman–Crippen LogP) is 4.89. The van der Waals surface area contributed by atoms with Gasteiger partial charge in [-0.1, -0.05) is 30.0 Å². The summed E-state index contributed by atoms with van der Waals surface area (Å²) in [5.41, 5.74) is 2.98. The number of nitro groups is 1. The molecule has 29 heavy (non-hydrogen) atoms. The Bertz CT molecular complexity index is 1100. The molecule has 0 saturated heterocycles. The SMILES string of the molecule is COc1ccc(NC(=O)[C@@H](C)Sc2cc(C)c3cccc(C)c3n2)c([N+](=O)[O-])c1. The minimum absolute atomic E-state index is 0.131. The molecule has 1 atom stereocenters. The third-order valence-electron chi connectivity index (χ3n) is 4.55. The maximum Gasteiger partial charge on any atom is 0.296 e.